The highest BCUT2D eigenvalue weighted by Gasteiger charge is 2.17. The minimum absolute atomic E-state index is 0.545. The SMILES string of the molecule is [2H]C([2H])(c1ccnc(-c2cccc3c2oc2c3ccc3ccc4ccccc4c32)c1)C(C)(C)C. The van der Waals surface area contributed by atoms with Crippen LogP contribution in [0.1, 0.15) is 29.1 Å². The van der Waals surface area contributed by atoms with Gasteiger partial charge in [0.05, 0.1) is 5.69 Å². The second-order valence-corrected chi connectivity index (χ2v) is 9.42. The molecule has 0 aliphatic carbocycles. The second-order valence-electron chi connectivity index (χ2n) is 9.42. The lowest BCUT2D eigenvalue weighted by Crippen LogP contribution is -2.09. The van der Waals surface area contributed by atoms with Crippen LogP contribution in [0.2, 0.25) is 0 Å². The van der Waals surface area contributed by atoms with Crippen molar-refractivity contribution in [3.05, 3.63) is 90.6 Å². The van der Waals surface area contributed by atoms with Crippen LogP contribution >= 0.6 is 0 Å². The summed E-state index contributed by atoms with van der Waals surface area (Å²) < 4.78 is 24.0. The molecule has 0 aliphatic rings. The Labute approximate surface area is 190 Å². The van der Waals surface area contributed by atoms with Gasteiger partial charge in [0.15, 0.2) is 0 Å². The van der Waals surface area contributed by atoms with Crippen molar-refractivity contribution in [2.24, 2.45) is 5.41 Å². The highest BCUT2D eigenvalue weighted by atomic mass is 16.3. The van der Waals surface area contributed by atoms with Crippen molar-refractivity contribution in [2.45, 2.75) is 27.1 Å². The summed E-state index contributed by atoms with van der Waals surface area (Å²) in [5.74, 6) is 0. The van der Waals surface area contributed by atoms with Gasteiger partial charge < -0.3 is 4.42 Å². The Morgan fingerprint density at radius 2 is 1.53 bits per heavy atom. The topological polar surface area (TPSA) is 26.0 Å². The van der Waals surface area contributed by atoms with E-state index in [1.807, 2.05) is 39.0 Å². The van der Waals surface area contributed by atoms with E-state index in [1.165, 1.54) is 10.8 Å². The molecule has 6 rings (SSSR count). The van der Waals surface area contributed by atoms with Gasteiger partial charge in [-0.15, -0.1) is 0 Å². The lowest BCUT2D eigenvalue weighted by Gasteiger charge is -2.18. The highest BCUT2D eigenvalue weighted by Crippen LogP contribution is 2.40. The second kappa shape index (κ2) is 6.93. The van der Waals surface area contributed by atoms with Crippen LogP contribution in [-0.4, -0.2) is 4.98 Å². The van der Waals surface area contributed by atoms with E-state index >= 15 is 0 Å². The predicted molar refractivity (Wildman–Crippen MR) is 135 cm³/mol. The number of fused-ring (bicyclic) bond motifs is 7. The molecule has 0 saturated heterocycles. The van der Waals surface area contributed by atoms with E-state index < -0.39 is 11.8 Å². The van der Waals surface area contributed by atoms with E-state index in [4.69, 9.17) is 7.16 Å². The molecule has 0 aliphatic heterocycles. The van der Waals surface area contributed by atoms with Crippen LogP contribution in [0.3, 0.4) is 0 Å². The van der Waals surface area contributed by atoms with Crippen molar-refractivity contribution >= 4 is 43.5 Å². The Morgan fingerprint density at radius 3 is 2.41 bits per heavy atom. The third kappa shape index (κ3) is 3.06. The molecular formula is C30H25NO. The van der Waals surface area contributed by atoms with Crippen molar-refractivity contribution in [3.8, 4) is 11.3 Å². The van der Waals surface area contributed by atoms with Gasteiger partial charge >= 0.3 is 0 Å². The maximum Gasteiger partial charge on any atom is 0.144 e. The molecule has 0 N–H and O–H groups in total. The van der Waals surface area contributed by atoms with Gasteiger partial charge in [-0.3, -0.25) is 4.98 Å². The molecule has 2 nitrogen and oxygen atoms in total. The molecule has 0 fully saturated rings. The molecule has 156 valence electrons. The number of pyridine rings is 1. The molecule has 0 saturated carbocycles. The molecule has 2 heterocycles. The van der Waals surface area contributed by atoms with Crippen molar-refractivity contribution in [1.29, 1.82) is 0 Å². The van der Waals surface area contributed by atoms with Crippen LogP contribution in [-0.2, 0) is 6.37 Å². The minimum atomic E-state index is -1.50. The lowest BCUT2D eigenvalue weighted by atomic mass is 9.88. The summed E-state index contributed by atoms with van der Waals surface area (Å²) in [6.07, 6.45) is 0.195. The molecule has 0 amide bonds. The van der Waals surface area contributed by atoms with Gasteiger partial charge in [-0.25, -0.2) is 0 Å². The van der Waals surface area contributed by atoms with Crippen molar-refractivity contribution < 1.29 is 7.16 Å². The van der Waals surface area contributed by atoms with Gasteiger partial charge in [-0.05, 0) is 57.8 Å². The molecule has 2 aromatic heterocycles. The minimum Gasteiger partial charge on any atom is -0.455 e. The Balaban J connectivity index is 1.65. The molecule has 0 spiro atoms. The van der Waals surface area contributed by atoms with Gasteiger partial charge in [-0.2, -0.15) is 0 Å². The first kappa shape index (κ1) is 17.0. The third-order valence-corrected chi connectivity index (χ3v) is 5.93. The largest absolute Gasteiger partial charge is 0.455 e. The summed E-state index contributed by atoms with van der Waals surface area (Å²) in [7, 11) is 0. The zero-order valence-electron chi connectivity index (χ0n) is 20.4. The molecular weight excluding hydrogens is 390 g/mol. The fourth-order valence-corrected chi connectivity index (χ4v) is 4.63. The quantitative estimate of drug-likeness (QED) is 0.264. The normalized spacial score (nSPS) is 13.7. The first-order chi connectivity index (χ1) is 16.3. The van der Waals surface area contributed by atoms with Crippen LogP contribution < -0.4 is 0 Å². The average molecular weight is 418 g/mol. The molecule has 0 bridgehead atoms. The number of hydrogen-bond acceptors (Lipinski definition) is 2. The Bertz CT molecular complexity index is 1720. The molecule has 0 atom stereocenters. The maximum atomic E-state index is 8.71. The summed E-state index contributed by atoms with van der Waals surface area (Å²) in [4.78, 5) is 4.61. The van der Waals surface area contributed by atoms with Crippen LogP contribution in [0.25, 0.3) is 54.7 Å². The zero-order valence-corrected chi connectivity index (χ0v) is 18.4. The number of benzene rings is 4. The maximum absolute atomic E-state index is 8.71. The van der Waals surface area contributed by atoms with Gasteiger partial charge in [0.1, 0.15) is 11.2 Å². The van der Waals surface area contributed by atoms with Gasteiger partial charge in [0.25, 0.3) is 0 Å². The Kier molecular flexibility index (Phi) is 3.67. The lowest BCUT2D eigenvalue weighted by molar-refractivity contribution is 0.411. The van der Waals surface area contributed by atoms with Crippen molar-refractivity contribution in [3.63, 3.8) is 0 Å². The fourth-order valence-electron chi connectivity index (χ4n) is 4.63. The predicted octanol–water partition coefficient (Wildman–Crippen LogP) is 8.54. The summed E-state index contributed by atoms with van der Waals surface area (Å²) in [6, 6.07) is 26.7. The molecule has 0 radical (unpaired) electrons. The summed E-state index contributed by atoms with van der Waals surface area (Å²) in [5, 5.41) is 6.72. The van der Waals surface area contributed by atoms with Crippen molar-refractivity contribution in [2.75, 3.05) is 0 Å². The third-order valence-electron chi connectivity index (χ3n) is 5.93. The van der Waals surface area contributed by atoms with E-state index in [0.29, 0.717) is 11.3 Å². The number of furan rings is 1. The van der Waals surface area contributed by atoms with E-state index in [2.05, 4.69) is 59.6 Å². The van der Waals surface area contributed by atoms with Crippen LogP contribution in [0.15, 0.2) is 89.5 Å². The number of para-hydroxylation sites is 1. The first-order valence-corrected chi connectivity index (χ1v) is 11.0. The van der Waals surface area contributed by atoms with E-state index in [0.717, 1.165) is 38.3 Å². The van der Waals surface area contributed by atoms with E-state index in [9.17, 15) is 0 Å². The standard InChI is InChI=1S/C30H25NO/c1-30(2,3)18-19-15-16-31-26(17-19)25-10-6-9-23-24-14-13-21-12-11-20-7-4-5-8-22(20)27(21)29(24)32-28(23)25/h4-17H,18H2,1-3H3/i18D2. The highest BCUT2D eigenvalue weighted by molar-refractivity contribution is 6.23. The molecule has 0 unspecified atom stereocenters. The number of aromatic nitrogens is 1. The molecule has 2 heteroatoms. The van der Waals surface area contributed by atoms with Gasteiger partial charge in [0, 0.05) is 30.7 Å². The van der Waals surface area contributed by atoms with Gasteiger partial charge in [-0.1, -0.05) is 75.4 Å². The molecule has 32 heavy (non-hydrogen) atoms. The smallest absolute Gasteiger partial charge is 0.144 e. The Hall–Kier alpha value is -3.65. The number of nitrogens with zero attached hydrogens (tertiary/aromatic N) is 1. The van der Waals surface area contributed by atoms with Gasteiger partial charge in [0.2, 0.25) is 0 Å². The van der Waals surface area contributed by atoms with E-state index in [-0.39, 0.29) is 0 Å². The Morgan fingerprint density at radius 1 is 0.781 bits per heavy atom. The average Bonchev–Trinajstić information content (AvgIpc) is 3.22. The van der Waals surface area contributed by atoms with Crippen LogP contribution in [0.5, 0.6) is 0 Å². The molecule has 6 aromatic rings. The zero-order chi connectivity index (χ0) is 23.7. The van der Waals surface area contributed by atoms with Crippen molar-refractivity contribution in [1.82, 2.24) is 4.98 Å². The van der Waals surface area contributed by atoms with Crippen LogP contribution in [0, 0.1) is 5.41 Å². The molecule has 4 aromatic carbocycles. The number of hydrogen-bond donors (Lipinski definition) is 0. The summed E-state index contributed by atoms with van der Waals surface area (Å²) in [5.41, 5.74) is 3.31. The number of rotatable bonds is 2. The monoisotopic (exact) mass is 417 g/mol. The fraction of sp³-hybridized carbons (Fsp3) is 0.167. The van der Waals surface area contributed by atoms with Crippen LogP contribution in [0.4, 0.5) is 0 Å². The first-order valence-electron chi connectivity index (χ1n) is 12.0. The summed E-state index contributed by atoms with van der Waals surface area (Å²) in [6.45, 7) is 5.76. The summed E-state index contributed by atoms with van der Waals surface area (Å²) >= 11 is 0. The van der Waals surface area contributed by atoms with E-state index in [1.54, 1.807) is 12.3 Å².